The van der Waals surface area contributed by atoms with Crippen LogP contribution in [0.15, 0.2) is 0 Å². The summed E-state index contributed by atoms with van der Waals surface area (Å²) in [7, 11) is 0. The quantitative estimate of drug-likeness (QED) is 0.179. The molecule has 0 saturated heterocycles. The summed E-state index contributed by atoms with van der Waals surface area (Å²) >= 11 is 0. The average molecular weight is 318 g/mol. The molecule has 0 radical (unpaired) electrons. The predicted molar refractivity (Wildman–Crippen MR) is 90.0 cm³/mol. The molecule has 0 aliphatic carbocycles. The zero-order valence-corrected chi connectivity index (χ0v) is 15.3. The molecule has 0 fully saturated rings. The molecule has 0 rings (SSSR count). The van der Waals surface area contributed by atoms with Gasteiger partial charge in [0.15, 0.2) is 0 Å². The summed E-state index contributed by atoms with van der Waals surface area (Å²) in [5, 5.41) is 9.24. The molecule has 0 aliphatic rings. The molecular formula is C18H38O4. The highest BCUT2D eigenvalue weighted by molar-refractivity contribution is 4.76. The van der Waals surface area contributed by atoms with E-state index in [-0.39, 0.29) is 5.60 Å². The van der Waals surface area contributed by atoms with Crippen molar-refractivity contribution in [3.63, 3.8) is 0 Å². The van der Waals surface area contributed by atoms with Gasteiger partial charge in [0.1, 0.15) is 5.60 Å². The third-order valence-corrected chi connectivity index (χ3v) is 4.43. The van der Waals surface area contributed by atoms with Gasteiger partial charge >= 0.3 is 0 Å². The Balaban J connectivity index is 3.67. The van der Waals surface area contributed by atoms with E-state index in [0.717, 1.165) is 19.3 Å². The molecule has 0 aliphatic heterocycles. The first kappa shape index (κ1) is 21.8. The fourth-order valence-electron chi connectivity index (χ4n) is 2.67. The van der Waals surface area contributed by atoms with E-state index < -0.39 is 0 Å². The van der Waals surface area contributed by atoms with Crippen LogP contribution in [0.3, 0.4) is 0 Å². The first-order valence-electron chi connectivity index (χ1n) is 9.38. The van der Waals surface area contributed by atoms with Crippen LogP contribution in [-0.2, 0) is 19.9 Å². The summed E-state index contributed by atoms with van der Waals surface area (Å²) < 4.78 is 0. The van der Waals surface area contributed by atoms with Gasteiger partial charge in [0.2, 0.25) is 0 Å². The van der Waals surface area contributed by atoms with Crippen LogP contribution in [0.4, 0.5) is 0 Å². The SMILES string of the molecule is CCCCCCCCCCCC(CC)(CC)OOOOCC. The largest absolute Gasteiger partial charge is 0.204 e. The molecular weight excluding hydrogens is 280 g/mol. The van der Waals surface area contributed by atoms with Crippen LogP contribution in [0.2, 0.25) is 0 Å². The molecule has 0 unspecified atom stereocenters. The molecule has 22 heavy (non-hydrogen) atoms. The van der Waals surface area contributed by atoms with Crippen LogP contribution in [0.1, 0.15) is 105 Å². The van der Waals surface area contributed by atoms with Crippen molar-refractivity contribution in [2.24, 2.45) is 0 Å². The molecule has 0 amide bonds. The number of hydrogen-bond acceptors (Lipinski definition) is 4. The minimum Gasteiger partial charge on any atom is -0.204 e. The predicted octanol–water partition coefficient (Wildman–Crippen LogP) is 6.30. The Hall–Kier alpha value is -0.160. The van der Waals surface area contributed by atoms with E-state index in [2.05, 4.69) is 30.7 Å². The standard InChI is InChI=1S/C18H38O4/c1-5-9-10-11-12-13-14-15-16-17-18(6-2,7-3)20-22-21-19-8-4/h5-17H2,1-4H3. The average Bonchev–Trinajstić information content (AvgIpc) is 2.55. The van der Waals surface area contributed by atoms with Gasteiger partial charge in [-0.3, -0.25) is 0 Å². The fourth-order valence-corrected chi connectivity index (χ4v) is 2.67. The van der Waals surface area contributed by atoms with Gasteiger partial charge in [0.25, 0.3) is 0 Å². The molecule has 4 heteroatoms. The summed E-state index contributed by atoms with van der Waals surface area (Å²) in [4.78, 5) is 10.1. The van der Waals surface area contributed by atoms with Crippen molar-refractivity contribution < 1.29 is 19.9 Å². The molecule has 0 bridgehead atoms. The van der Waals surface area contributed by atoms with Crippen LogP contribution in [0.25, 0.3) is 0 Å². The second-order valence-corrected chi connectivity index (χ2v) is 6.09. The minimum atomic E-state index is -0.252. The van der Waals surface area contributed by atoms with Crippen molar-refractivity contribution in [3.05, 3.63) is 0 Å². The van der Waals surface area contributed by atoms with E-state index >= 15 is 0 Å². The van der Waals surface area contributed by atoms with Gasteiger partial charge in [-0.15, -0.1) is 0 Å². The Labute approximate surface area is 137 Å². The fraction of sp³-hybridized carbons (Fsp3) is 1.00. The normalized spacial score (nSPS) is 12.0. The van der Waals surface area contributed by atoms with Crippen molar-refractivity contribution in [2.75, 3.05) is 6.61 Å². The highest BCUT2D eigenvalue weighted by Crippen LogP contribution is 2.28. The Kier molecular flexibility index (Phi) is 15.6. The third-order valence-electron chi connectivity index (χ3n) is 4.43. The molecule has 0 aromatic rings. The lowest BCUT2D eigenvalue weighted by Crippen LogP contribution is -2.31. The molecule has 0 saturated carbocycles. The molecule has 0 aromatic carbocycles. The van der Waals surface area contributed by atoms with Crippen molar-refractivity contribution in [2.45, 2.75) is 110 Å². The maximum atomic E-state index is 5.45. The van der Waals surface area contributed by atoms with Gasteiger partial charge in [-0.1, -0.05) is 78.6 Å². The monoisotopic (exact) mass is 318 g/mol. The summed E-state index contributed by atoms with van der Waals surface area (Å²) in [6, 6.07) is 0. The van der Waals surface area contributed by atoms with Gasteiger partial charge in [0.05, 0.1) is 6.61 Å². The Bertz CT molecular complexity index is 217. The van der Waals surface area contributed by atoms with E-state index in [1.54, 1.807) is 0 Å². The summed E-state index contributed by atoms with van der Waals surface area (Å²) in [6.45, 7) is 8.78. The maximum Gasteiger partial charge on any atom is 0.106 e. The summed E-state index contributed by atoms with van der Waals surface area (Å²) in [5.74, 6) is 0. The minimum absolute atomic E-state index is 0.252. The molecule has 0 N–H and O–H groups in total. The number of unbranched alkanes of at least 4 members (excludes halogenated alkanes) is 8. The maximum absolute atomic E-state index is 5.45. The molecule has 0 atom stereocenters. The van der Waals surface area contributed by atoms with E-state index in [1.165, 1.54) is 57.8 Å². The van der Waals surface area contributed by atoms with E-state index in [1.807, 2.05) is 6.92 Å². The second kappa shape index (κ2) is 15.7. The third kappa shape index (κ3) is 11.4. The van der Waals surface area contributed by atoms with Crippen molar-refractivity contribution in [3.8, 4) is 0 Å². The van der Waals surface area contributed by atoms with E-state index in [0.29, 0.717) is 6.61 Å². The zero-order valence-electron chi connectivity index (χ0n) is 15.3. The molecule has 4 nitrogen and oxygen atoms in total. The Morgan fingerprint density at radius 2 is 1.18 bits per heavy atom. The van der Waals surface area contributed by atoms with Crippen molar-refractivity contribution in [1.29, 1.82) is 0 Å². The highest BCUT2D eigenvalue weighted by Gasteiger charge is 2.28. The van der Waals surface area contributed by atoms with E-state index in [4.69, 9.17) is 9.93 Å². The first-order chi connectivity index (χ1) is 10.7. The van der Waals surface area contributed by atoms with Gasteiger partial charge in [0, 0.05) is 0 Å². The lowest BCUT2D eigenvalue weighted by Gasteiger charge is -2.28. The lowest BCUT2D eigenvalue weighted by atomic mass is 9.90. The van der Waals surface area contributed by atoms with Gasteiger partial charge < -0.3 is 0 Å². The van der Waals surface area contributed by atoms with Gasteiger partial charge in [-0.25, -0.2) is 4.89 Å². The zero-order chi connectivity index (χ0) is 16.5. The topological polar surface area (TPSA) is 36.9 Å². The highest BCUT2D eigenvalue weighted by atomic mass is 17.7. The molecule has 134 valence electrons. The molecule has 0 heterocycles. The second-order valence-electron chi connectivity index (χ2n) is 6.09. The van der Waals surface area contributed by atoms with Crippen LogP contribution in [-0.4, -0.2) is 12.2 Å². The van der Waals surface area contributed by atoms with Crippen LogP contribution in [0, 0.1) is 0 Å². The first-order valence-corrected chi connectivity index (χ1v) is 9.38. The van der Waals surface area contributed by atoms with Crippen molar-refractivity contribution in [1.82, 2.24) is 0 Å². The Morgan fingerprint density at radius 3 is 1.68 bits per heavy atom. The molecule has 0 spiro atoms. The van der Waals surface area contributed by atoms with Crippen molar-refractivity contribution >= 4 is 0 Å². The van der Waals surface area contributed by atoms with Crippen LogP contribution < -0.4 is 0 Å². The number of hydrogen-bond donors (Lipinski definition) is 0. The summed E-state index contributed by atoms with van der Waals surface area (Å²) in [6.07, 6.45) is 14.9. The Morgan fingerprint density at radius 1 is 0.636 bits per heavy atom. The number of rotatable bonds is 17. The lowest BCUT2D eigenvalue weighted by molar-refractivity contribution is -0.651. The molecule has 0 aromatic heterocycles. The smallest absolute Gasteiger partial charge is 0.106 e. The van der Waals surface area contributed by atoms with Gasteiger partial charge in [-0.05, 0) is 36.3 Å². The van der Waals surface area contributed by atoms with Gasteiger partial charge in [-0.2, -0.15) is 4.89 Å². The van der Waals surface area contributed by atoms with Crippen LogP contribution in [0.5, 0.6) is 0 Å². The van der Waals surface area contributed by atoms with Crippen LogP contribution >= 0.6 is 0 Å². The summed E-state index contributed by atoms with van der Waals surface area (Å²) in [5.41, 5.74) is -0.252. The van der Waals surface area contributed by atoms with E-state index in [9.17, 15) is 0 Å².